The minimum atomic E-state index is -0.356. The van der Waals surface area contributed by atoms with E-state index in [9.17, 15) is 5.26 Å². The molecule has 0 bridgehead atoms. The summed E-state index contributed by atoms with van der Waals surface area (Å²) in [4.78, 5) is 2.54. The Balaban J connectivity index is 2.36. The Morgan fingerprint density at radius 1 is 1.33 bits per heavy atom. The zero-order valence-electron chi connectivity index (χ0n) is 12.3. The lowest BCUT2D eigenvalue weighted by molar-refractivity contribution is 0.250. The van der Waals surface area contributed by atoms with Crippen molar-refractivity contribution in [2.75, 3.05) is 26.2 Å². The molecular formula is C15H29N3. The van der Waals surface area contributed by atoms with Crippen LogP contribution in [0.5, 0.6) is 0 Å². The molecule has 0 aromatic rings. The molecular weight excluding hydrogens is 222 g/mol. The molecule has 1 aliphatic heterocycles. The number of rotatable bonds is 6. The SMILES string of the molecule is CCNC(C)(C#N)CCN1CCCC(CC)CC1. The summed E-state index contributed by atoms with van der Waals surface area (Å²) in [6, 6.07) is 2.42. The van der Waals surface area contributed by atoms with E-state index in [0.717, 1.165) is 25.4 Å². The molecule has 0 spiro atoms. The third-order valence-electron chi connectivity index (χ3n) is 4.26. The third kappa shape index (κ3) is 4.96. The molecule has 3 nitrogen and oxygen atoms in total. The molecule has 2 unspecified atom stereocenters. The Labute approximate surface area is 113 Å². The minimum Gasteiger partial charge on any atom is -0.303 e. The van der Waals surface area contributed by atoms with Gasteiger partial charge in [-0.3, -0.25) is 5.32 Å². The molecule has 104 valence electrons. The largest absolute Gasteiger partial charge is 0.303 e. The summed E-state index contributed by atoms with van der Waals surface area (Å²) in [5, 5.41) is 12.5. The molecule has 18 heavy (non-hydrogen) atoms. The number of hydrogen-bond donors (Lipinski definition) is 1. The highest BCUT2D eigenvalue weighted by atomic mass is 15.1. The average molecular weight is 251 g/mol. The van der Waals surface area contributed by atoms with E-state index < -0.39 is 0 Å². The first-order chi connectivity index (χ1) is 8.63. The molecule has 1 N–H and O–H groups in total. The van der Waals surface area contributed by atoms with Crippen LogP contribution < -0.4 is 5.32 Å². The van der Waals surface area contributed by atoms with E-state index in [1.54, 1.807) is 0 Å². The van der Waals surface area contributed by atoms with E-state index in [1.165, 1.54) is 38.8 Å². The monoisotopic (exact) mass is 251 g/mol. The van der Waals surface area contributed by atoms with Crippen LogP contribution >= 0.6 is 0 Å². The Bertz CT molecular complexity index is 271. The fourth-order valence-corrected chi connectivity index (χ4v) is 2.81. The van der Waals surface area contributed by atoms with Crippen molar-refractivity contribution in [3.63, 3.8) is 0 Å². The van der Waals surface area contributed by atoms with Crippen LogP contribution in [0.1, 0.15) is 52.9 Å². The van der Waals surface area contributed by atoms with Gasteiger partial charge in [0, 0.05) is 6.54 Å². The van der Waals surface area contributed by atoms with Crippen LogP contribution in [0, 0.1) is 17.2 Å². The summed E-state index contributed by atoms with van der Waals surface area (Å²) in [5.74, 6) is 0.922. The maximum absolute atomic E-state index is 9.25. The van der Waals surface area contributed by atoms with Crippen LogP contribution in [-0.2, 0) is 0 Å². The Morgan fingerprint density at radius 3 is 2.72 bits per heavy atom. The second-order valence-electron chi connectivity index (χ2n) is 5.77. The normalized spacial score (nSPS) is 25.1. The van der Waals surface area contributed by atoms with Gasteiger partial charge in [0.1, 0.15) is 5.54 Å². The predicted molar refractivity (Wildman–Crippen MR) is 76.4 cm³/mol. The van der Waals surface area contributed by atoms with Crippen LogP contribution in [0.3, 0.4) is 0 Å². The molecule has 1 heterocycles. The highest BCUT2D eigenvalue weighted by molar-refractivity contribution is 5.03. The second kappa shape index (κ2) is 7.76. The van der Waals surface area contributed by atoms with Crippen LogP contribution in [0.15, 0.2) is 0 Å². The van der Waals surface area contributed by atoms with Gasteiger partial charge in [0.2, 0.25) is 0 Å². The van der Waals surface area contributed by atoms with Gasteiger partial charge in [0.25, 0.3) is 0 Å². The standard InChI is InChI=1S/C15H29N3/c1-4-14-7-6-10-18(11-8-14)12-9-15(3,13-16)17-5-2/h14,17H,4-12H2,1-3H3. The molecule has 1 rings (SSSR count). The topological polar surface area (TPSA) is 39.1 Å². The fourth-order valence-electron chi connectivity index (χ4n) is 2.81. The number of hydrogen-bond acceptors (Lipinski definition) is 3. The lowest BCUT2D eigenvalue weighted by atomic mass is 9.98. The third-order valence-corrected chi connectivity index (χ3v) is 4.26. The molecule has 1 saturated heterocycles. The lowest BCUT2D eigenvalue weighted by Gasteiger charge is -2.27. The first-order valence-electron chi connectivity index (χ1n) is 7.52. The van der Waals surface area contributed by atoms with E-state index in [0.29, 0.717) is 0 Å². The molecule has 0 aliphatic carbocycles. The van der Waals surface area contributed by atoms with Crippen molar-refractivity contribution in [1.82, 2.24) is 10.2 Å². The zero-order chi connectivity index (χ0) is 13.4. The van der Waals surface area contributed by atoms with E-state index in [-0.39, 0.29) is 5.54 Å². The van der Waals surface area contributed by atoms with Crippen molar-refractivity contribution < 1.29 is 0 Å². The fraction of sp³-hybridized carbons (Fsp3) is 0.933. The highest BCUT2D eigenvalue weighted by Crippen LogP contribution is 2.21. The van der Waals surface area contributed by atoms with Crippen molar-refractivity contribution in [3.05, 3.63) is 0 Å². The van der Waals surface area contributed by atoms with Crippen LogP contribution in [0.4, 0.5) is 0 Å². The summed E-state index contributed by atoms with van der Waals surface area (Å²) < 4.78 is 0. The van der Waals surface area contributed by atoms with Gasteiger partial charge in [-0.25, -0.2) is 0 Å². The van der Waals surface area contributed by atoms with Gasteiger partial charge < -0.3 is 4.90 Å². The van der Waals surface area contributed by atoms with E-state index in [1.807, 2.05) is 6.92 Å². The molecule has 1 fully saturated rings. The second-order valence-corrected chi connectivity index (χ2v) is 5.77. The quantitative estimate of drug-likeness (QED) is 0.789. The number of nitrogens with zero attached hydrogens (tertiary/aromatic N) is 2. The predicted octanol–water partition coefficient (Wildman–Crippen LogP) is 2.78. The van der Waals surface area contributed by atoms with Gasteiger partial charge in [-0.15, -0.1) is 0 Å². The van der Waals surface area contributed by atoms with Crippen LogP contribution in [0.2, 0.25) is 0 Å². The maximum Gasteiger partial charge on any atom is 0.105 e. The minimum absolute atomic E-state index is 0.356. The van der Waals surface area contributed by atoms with E-state index in [2.05, 4.69) is 30.1 Å². The van der Waals surface area contributed by atoms with Crippen molar-refractivity contribution in [2.45, 2.75) is 58.4 Å². The summed E-state index contributed by atoms with van der Waals surface area (Å²) >= 11 is 0. The van der Waals surface area contributed by atoms with Gasteiger partial charge in [0.05, 0.1) is 6.07 Å². The van der Waals surface area contributed by atoms with Crippen molar-refractivity contribution in [1.29, 1.82) is 5.26 Å². The molecule has 3 heteroatoms. The highest BCUT2D eigenvalue weighted by Gasteiger charge is 2.24. The van der Waals surface area contributed by atoms with E-state index in [4.69, 9.17) is 0 Å². The molecule has 0 radical (unpaired) electrons. The summed E-state index contributed by atoms with van der Waals surface area (Å²) in [6.07, 6.45) is 6.29. The Hall–Kier alpha value is -0.590. The van der Waals surface area contributed by atoms with Crippen molar-refractivity contribution >= 4 is 0 Å². The van der Waals surface area contributed by atoms with Crippen LogP contribution in [0.25, 0.3) is 0 Å². The average Bonchev–Trinajstić information content (AvgIpc) is 2.62. The molecule has 0 saturated carbocycles. The molecule has 2 atom stereocenters. The summed E-state index contributed by atoms with van der Waals surface area (Å²) in [7, 11) is 0. The maximum atomic E-state index is 9.25. The van der Waals surface area contributed by atoms with Gasteiger partial charge in [-0.1, -0.05) is 20.3 Å². The number of likely N-dealkylation sites (tertiary alicyclic amines) is 1. The summed E-state index contributed by atoms with van der Waals surface area (Å²) in [5.41, 5.74) is -0.356. The first kappa shape index (κ1) is 15.5. The first-order valence-corrected chi connectivity index (χ1v) is 7.52. The number of nitrogens with one attached hydrogen (secondary N) is 1. The van der Waals surface area contributed by atoms with Crippen LogP contribution in [-0.4, -0.2) is 36.6 Å². The Morgan fingerprint density at radius 2 is 2.11 bits per heavy atom. The number of nitriles is 1. The molecule has 0 aromatic carbocycles. The van der Waals surface area contributed by atoms with Crippen molar-refractivity contribution in [2.24, 2.45) is 5.92 Å². The lowest BCUT2D eigenvalue weighted by Crippen LogP contribution is -2.43. The Kier molecular flexibility index (Phi) is 6.67. The molecule has 0 aromatic heterocycles. The van der Waals surface area contributed by atoms with Gasteiger partial charge in [0.15, 0.2) is 0 Å². The smallest absolute Gasteiger partial charge is 0.105 e. The summed E-state index contributed by atoms with van der Waals surface area (Å²) in [6.45, 7) is 10.7. The van der Waals surface area contributed by atoms with Gasteiger partial charge in [-0.2, -0.15) is 5.26 Å². The molecule has 1 aliphatic rings. The van der Waals surface area contributed by atoms with Crippen molar-refractivity contribution in [3.8, 4) is 6.07 Å². The van der Waals surface area contributed by atoms with Gasteiger partial charge in [-0.05, 0) is 58.2 Å². The molecule has 0 amide bonds. The van der Waals surface area contributed by atoms with Gasteiger partial charge >= 0.3 is 0 Å². The van der Waals surface area contributed by atoms with E-state index >= 15 is 0 Å². The zero-order valence-corrected chi connectivity index (χ0v) is 12.3.